The van der Waals surface area contributed by atoms with E-state index in [-0.39, 0.29) is 29.6 Å². The molecule has 0 aliphatic carbocycles. The van der Waals surface area contributed by atoms with Crippen LogP contribution >= 0.6 is 0 Å². The summed E-state index contributed by atoms with van der Waals surface area (Å²) in [5, 5.41) is 24.2. The number of hydrogen-bond donors (Lipinski definition) is 3. The monoisotopic (exact) mass is 554 g/mol. The molecule has 3 N–H and O–H groups in total. The van der Waals surface area contributed by atoms with Crippen molar-refractivity contribution in [2.24, 2.45) is 11.8 Å². The van der Waals surface area contributed by atoms with E-state index >= 15 is 0 Å². The molecular weight excluding hydrogens is 518 g/mol. The maximum atomic E-state index is 14.9. The first-order valence-corrected chi connectivity index (χ1v) is 13.8. The molecule has 0 unspecified atom stereocenters. The Morgan fingerprint density at radius 2 is 1.93 bits per heavy atom. The SMILES string of the molecule is C[C@H](O)C(=O)N(C[C@H]1CNC[C@@H]1O)[C@@H](c1nc(-c2cc(F)ccc2F)cn1Cc1ccccc1)C1CCOCC1. The van der Waals surface area contributed by atoms with Crippen LogP contribution in [0.15, 0.2) is 54.7 Å². The van der Waals surface area contributed by atoms with E-state index in [4.69, 9.17) is 9.72 Å². The lowest BCUT2D eigenvalue weighted by atomic mass is 9.88. The van der Waals surface area contributed by atoms with Gasteiger partial charge in [0.1, 0.15) is 23.6 Å². The van der Waals surface area contributed by atoms with Crippen molar-refractivity contribution in [1.29, 1.82) is 0 Å². The summed E-state index contributed by atoms with van der Waals surface area (Å²) in [5.74, 6) is -1.43. The van der Waals surface area contributed by atoms with Crippen LogP contribution in [0, 0.1) is 23.5 Å². The van der Waals surface area contributed by atoms with E-state index in [1.807, 2.05) is 34.9 Å². The molecule has 3 aromatic rings. The van der Waals surface area contributed by atoms with Crippen molar-refractivity contribution >= 4 is 5.91 Å². The summed E-state index contributed by atoms with van der Waals surface area (Å²) in [6.45, 7) is 4.01. The van der Waals surface area contributed by atoms with Crippen LogP contribution in [0.2, 0.25) is 0 Å². The second kappa shape index (κ2) is 12.6. The van der Waals surface area contributed by atoms with Crippen molar-refractivity contribution in [3.05, 3.63) is 77.8 Å². The third-order valence-electron chi connectivity index (χ3n) is 7.90. The van der Waals surface area contributed by atoms with Gasteiger partial charge in [0, 0.05) is 57.1 Å². The number of benzene rings is 2. The standard InChI is InChI=1S/C30H36F2N4O4/c1-19(37)30(39)36(17-22-14-33-15-27(22)38)28(21-9-11-40-12-10-21)29-34-26(24-13-23(31)7-8-25(24)32)18-35(29)16-20-5-3-2-4-6-20/h2-8,13,18-19,21-22,27-28,33,37-38H,9-12,14-17H2,1H3/t19-,22+,27-,28+/m0/s1. The van der Waals surface area contributed by atoms with E-state index in [2.05, 4.69) is 5.32 Å². The molecule has 0 bridgehead atoms. The molecule has 10 heteroatoms. The summed E-state index contributed by atoms with van der Waals surface area (Å²) in [4.78, 5) is 20.1. The van der Waals surface area contributed by atoms with Crippen molar-refractivity contribution in [3.63, 3.8) is 0 Å². The van der Waals surface area contributed by atoms with Crippen LogP contribution in [-0.4, -0.2) is 75.6 Å². The third kappa shape index (κ3) is 6.25. The Labute approximate surface area is 232 Å². The van der Waals surface area contributed by atoms with Crippen molar-refractivity contribution in [3.8, 4) is 11.3 Å². The van der Waals surface area contributed by atoms with Gasteiger partial charge in [-0.1, -0.05) is 30.3 Å². The summed E-state index contributed by atoms with van der Waals surface area (Å²) < 4.78 is 36.6. The number of β-amino-alcohol motifs (C(OH)–C–C–N with tert-alkyl or cyclic N) is 1. The predicted octanol–water partition coefficient (Wildman–Crippen LogP) is 3.13. The molecular formula is C30H36F2N4O4. The fourth-order valence-electron chi connectivity index (χ4n) is 5.77. The minimum Gasteiger partial charge on any atom is -0.391 e. The number of rotatable bonds is 9. The Kier molecular flexibility index (Phi) is 8.90. The summed E-state index contributed by atoms with van der Waals surface area (Å²) in [6, 6.07) is 12.4. The zero-order chi connectivity index (χ0) is 28.2. The number of ether oxygens (including phenoxy) is 1. The molecule has 1 amide bonds. The van der Waals surface area contributed by atoms with Gasteiger partial charge < -0.3 is 29.7 Å². The molecule has 2 fully saturated rings. The number of aliphatic hydroxyl groups excluding tert-OH is 2. The lowest BCUT2D eigenvalue weighted by Crippen LogP contribution is -2.48. The third-order valence-corrected chi connectivity index (χ3v) is 7.90. The summed E-state index contributed by atoms with van der Waals surface area (Å²) in [5.41, 5.74) is 1.26. The van der Waals surface area contributed by atoms with Crippen molar-refractivity contribution in [1.82, 2.24) is 19.8 Å². The Bertz CT molecular complexity index is 1300. The van der Waals surface area contributed by atoms with Crippen LogP contribution in [0.1, 0.15) is 37.2 Å². The molecule has 5 rings (SSSR count). The van der Waals surface area contributed by atoms with Gasteiger partial charge in [0.25, 0.3) is 5.91 Å². The number of nitrogens with zero attached hydrogens (tertiary/aromatic N) is 3. The topological polar surface area (TPSA) is 99.9 Å². The average Bonchev–Trinajstić information content (AvgIpc) is 3.56. The fourth-order valence-corrected chi connectivity index (χ4v) is 5.77. The van der Waals surface area contributed by atoms with E-state index in [1.54, 1.807) is 11.1 Å². The van der Waals surface area contributed by atoms with Gasteiger partial charge >= 0.3 is 0 Å². The van der Waals surface area contributed by atoms with Gasteiger partial charge in [0.15, 0.2) is 0 Å². The molecule has 214 valence electrons. The van der Waals surface area contributed by atoms with Crippen LogP contribution in [0.4, 0.5) is 8.78 Å². The normalized spacial score (nSPS) is 21.3. The Morgan fingerprint density at radius 1 is 1.18 bits per heavy atom. The Morgan fingerprint density at radius 3 is 2.60 bits per heavy atom. The van der Waals surface area contributed by atoms with E-state index in [0.29, 0.717) is 51.5 Å². The number of halogens is 2. The van der Waals surface area contributed by atoms with Gasteiger partial charge in [-0.05, 0) is 49.4 Å². The molecule has 0 spiro atoms. The van der Waals surface area contributed by atoms with Crippen molar-refractivity contribution < 1.29 is 28.5 Å². The number of carbonyl (C=O) groups is 1. The highest BCUT2D eigenvalue weighted by atomic mass is 19.1. The largest absolute Gasteiger partial charge is 0.391 e. The highest BCUT2D eigenvalue weighted by Gasteiger charge is 2.40. The van der Waals surface area contributed by atoms with Crippen LogP contribution in [-0.2, 0) is 16.1 Å². The summed E-state index contributed by atoms with van der Waals surface area (Å²) >= 11 is 0. The Balaban J connectivity index is 1.65. The number of amides is 1. The van der Waals surface area contributed by atoms with Crippen molar-refractivity contribution in [2.75, 3.05) is 32.8 Å². The first-order chi connectivity index (χ1) is 19.3. The first kappa shape index (κ1) is 28.4. The van der Waals surface area contributed by atoms with E-state index in [1.165, 1.54) is 6.92 Å². The highest BCUT2D eigenvalue weighted by Crippen LogP contribution is 2.38. The van der Waals surface area contributed by atoms with Gasteiger partial charge in [0.2, 0.25) is 0 Å². The number of carbonyl (C=O) groups excluding carboxylic acids is 1. The fraction of sp³-hybridized carbons (Fsp3) is 0.467. The van der Waals surface area contributed by atoms with Gasteiger partial charge in [-0.3, -0.25) is 4.79 Å². The number of nitrogens with one attached hydrogen (secondary N) is 1. The zero-order valence-corrected chi connectivity index (χ0v) is 22.5. The highest BCUT2D eigenvalue weighted by molar-refractivity contribution is 5.80. The lowest BCUT2D eigenvalue weighted by Gasteiger charge is -2.40. The second-order valence-corrected chi connectivity index (χ2v) is 10.8. The van der Waals surface area contributed by atoms with Crippen molar-refractivity contribution in [2.45, 2.75) is 44.6 Å². The molecule has 40 heavy (non-hydrogen) atoms. The maximum Gasteiger partial charge on any atom is 0.251 e. The molecule has 1 aromatic heterocycles. The molecule has 0 saturated carbocycles. The number of imidazole rings is 1. The van der Waals surface area contributed by atoms with Crippen LogP contribution in [0.3, 0.4) is 0 Å². The minimum atomic E-state index is -1.27. The quantitative estimate of drug-likeness (QED) is 0.376. The van der Waals surface area contributed by atoms with E-state index in [9.17, 15) is 23.8 Å². The van der Waals surface area contributed by atoms with Gasteiger partial charge in [-0.15, -0.1) is 0 Å². The number of hydrogen-bond acceptors (Lipinski definition) is 6. The molecule has 3 heterocycles. The molecule has 2 aliphatic heterocycles. The Hall–Kier alpha value is -3.18. The van der Waals surface area contributed by atoms with E-state index < -0.39 is 35.8 Å². The zero-order valence-electron chi connectivity index (χ0n) is 22.5. The number of aromatic nitrogens is 2. The van der Waals surface area contributed by atoms with Crippen LogP contribution < -0.4 is 5.32 Å². The number of aliphatic hydroxyl groups is 2. The van der Waals surface area contributed by atoms with Crippen LogP contribution in [0.25, 0.3) is 11.3 Å². The molecule has 8 nitrogen and oxygen atoms in total. The van der Waals surface area contributed by atoms with Crippen LogP contribution in [0.5, 0.6) is 0 Å². The minimum absolute atomic E-state index is 0.0302. The van der Waals surface area contributed by atoms with E-state index in [0.717, 1.165) is 23.8 Å². The second-order valence-electron chi connectivity index (χ2n) is 10.8. The summed E-state index contributed by atoms with van der Waals surface area (Å²) in [7, 11) is 0. The molecule has 0 radical (unpaired) electrons. The van der Waals surface area contributed by atoms with Gasteiger partial charge in [0.05, 0.1) is 17.8 Å². The van der Waals surface area contributed by atoms with Gasteiger partial charge in [-0.2, -0.15) is 0 Å². The average molecular weight is 555 g/mol. The predicted molar refractivity (Wildman–Crippen MR) is 145 cm³/mol. The van der Waals surface area contributed by atoms with Gasteiger partial charge in [-0.25, -0.2) is 13.8 Å². The smallest absolute Gasteiger partial charge is 0.251 e. The summed E-state index contributed by atoms with van der Waals surface area (Å²) in [6.07, 6.45) is 1.10. The molecule has 2 aliphatic rings. The molecule has 4 atom stereocenters. The lowest BCUT2D eigenvalue weighted by molar-refractivity contribution is -0.145. The maximum absolute atomic E-state index is 14.9. The molecule has 2 saturated heterocycles. The molecule has 2 aromatic carbocycles. The first-order valence-electron chi connectivity index (χ1n) is 13.8.